The molecule has 6 heteroatoms. The van der Waals surface area contributed by atoms with Gasteiger partial charge in [0, 0.05) is 28.4 Å². The Bertz CT molecular complexity index is 824. The van der Waals surface area contributed by atoms with E-state index in [1.54, 1.807) is 23.5 Å². The number of hydrogen-bond acceptors (Lipinski definition) is 3. The largest absolute Gasteiger partial charge is 0.369 e. The quantitative estimate of drug-likeness (QED) is 0.735. The zero-order chi connectivity index (χ0) is 15.1. The van der Waals surface area contributed by atoms with Gasteiger partial charge in [-0.25, -0.2) is 4.68 Å². The lowest BCUT2D eigenvalue weighted by atomic mass is 10.1. The molecule has 3 heterocycles. The number of fused-ring (bicyclic) bond motifs is 1. The van der Waals surface area contributed by atoms with E-state index >= 15 is 0 Å². The van der Waals surface area contributed by atoms with Crippen molar-refractivity contribution in [3.8, 4) is 5.69 Å². The van der Waals surface area contributed by atoms with Gasteiger partial charge in [0.25, 0.3) is 0 Å². The van der Waals surface area contributed by atoms with Gasteiger partial charge in [-0.05, 0) is 36.1 Å². The zero-order valence-corrected chi connectivity index (χ0v) is 14.0. The SMILES string of the molecule is Clc1ccc(Cl)c(-n2nc(Cc3cccs3)c3c2NCC3)c1. The minimum atomic E-state index is 0.645. The Hall–Kier alpha value is -1.49. The van der Waals surface area contributed by atoms with Crippen LogP contribution in [-0.2, 0) is 12.8 Å². The Balaban J connectivity index is 1.82. The molecule has 0 bridgehead atoms. The highest BCUT2D eigenvalue weighted by atomic mass is 35.5. The standard InChI is InChI=1S/C16H13Cl2N3S/c17-10-3-4-13(18)15(8-10)21-16-12(5-6-19-16)14(20-21)9-11-2-1-7-22-11/h1-4,7-8,19H,5-6,9H2. The van der Waals surface area contributed by atoms with Gasteiger partial charge in [-0.2, -0.15) is 5.10 Å². The second kappa shape index (κ2) is 5.61. The maximum Gasteiger partial charge on any atom is 0.133 e. The summed E-state index contributed by atoms with van der Waals surface area (Å²) >= 11 is 14.2. The molecule has 1 aliphatic heterocycles. The maximum absolute atomic E-state index is 6.34. The van der Waals surface area contributed by atoms with E-state index in [1.807, 2.05) is 10.7 Å². The molecule has 3 aromatic rings. The molecule has 0 unspecified atom stereocenters. The normalized spacial score (nSPS) is 13.2. The number of halogens is 2. The number of aromatic nitrogens is 2. The van der Waals surface area contributed by atoms with Gasteiger partial charge in [0.15, 0.2) is 0 Å². The lowest BCUT2D eigenvalue weighted by Gasteiger charge is -2.08. The molecule has 0 saturated heterocycles. The monoisotopic (exact) mass is 349 g/mol. The highest BCUT2D eigenvalue weighted by molar-refractivity contribution is 7.09. The van der Waals surface area contributed by atoms with Gasteiger partial charge in [0.2, 0.25) is 0 Å². The first-order chi connectivity index (χ1) is 10.7. The number of hydrogen-bond donors (Lipinski definition) is 1. The van der Waals surface area contributed by atoms with Crippen molar-refractivity contribution >= 4 is 40.4 Å². The minimum Gasteiger partial charge on any atom is -0.369 e. The van der Waals surface area contributed by atoms with Crippen LogP contribution in [0.15, 0.2) is 35.7 Å². The molecular weight excluding hydrogens is 337 g/mol. The molecule has 0 atom stereocenters. The number of nitrogens with zero attached hydrogens (tertiary/aromatic N) is 2. The third kappa shape index (κ3) is 2.41. The van der Waals surface area contributed by atoms with Gasteiger partial charge in [-0.15, -0.1) is 11.3 Å². The van der Waals surface area contributed by atoms with E-state index < -0.39 is 0 Å². The lowest BCUT2D eigenvalue weighted by Crippen LogP contribution is -2.05. The molecule has 1 N–H and O–H groups in total. The number of benzene rings is 1. The summed E-state index contributed by atoms with van der Waals surface area (Å²) in [6.07, 6.45) is 1.85. The first kappa shape index (κ1) is 14.1. The summed E-state index contributed by atoms with van der Waals surface area (Å²) in [5, 5.41) is 11.6. The smallest absolute Gasteiger partial charge is 0.133 e. The summed E-state index contributed by atoms with van der Waals surface area (Å²) < 4.78 is 1.89. The Morgan fingerprint density at radius 1 is 1.27 bits per heavy atom. The van der Waals surface area contributed by atoms with Crippen LogP contribution in [0.3, 0.4) is 0 Å². The van der Waals surface area contributed by atoms with Gasteiger partial charge >= 0.3 is 0 Å². The first-order valence-corrected chi connectivity index (χ1v) is 8.68. The average Bonchev–Trinajstić information content (AvgIpc) is 3.21. The van der Waals surface area contributed by atoms with Crippen LogP contribution in [-0.4, -0.2) is 16.3 Å². The third-order valence-corrected chi connectivity index (χ3v) is 5.22. The number of nitrogens with one attached hydrogen (secondary N) is 1. The second-order valence-electron chi connectivity index (χ2n) is 5.21. The summed E-state index contributed by atoms with van der Waals surface area (Å²) in [6, 6.07) is 9.67. The average molecular weight is 350 g/mol. The highest BCUT2D eigenvalue weighted by Crippen LogP contribution is 2.33. The molecule has 3 nitrogen and oxygen atoms in total. The van der Waals surface area contributed by atoms with Gasteiger partial charge in [0.05, 0.1) is 16.4 Å². The van der Waals surface area contributed by atoms with Crippen molar-refractivity contribution in [3.05, 3.63) is 61.9 Å². The summed E-state index contributed by atoms with van der Waals surface area (Å²) in [6.45, 7) is 0.933. The van der Waals surface area contributed by atoms with Crippen LogP contribution in [0.1, 0.15) is 16.1 Å². The van der Waals surface area contributed by atoms with E-state index in [0.29, 0.717) is 10.0 Å². The fourth-order valence-corrected chi connectivity index (χ4v) is 3.86. The molecule has 1 aliphatic rings. The van der Waals surface area contributed by atoms with E-state index in [0.717, 1.165) is 36.6 Å². The zero-order valence-electron chi connectivity index (χ0n) is 11.6. The molecule has 22 heavy (non-hydrogen) atoms. The number of thiophene rings is 1. The van der Waals surface area contributed by atoms with E-state index in [9.17, 15) is 0 Å². The predicted octanol–water partition coefficient (Wildman–Crippen LogP) is 4.80. The van der Waals surface area contributed by atoms with Crippen molar-refractivity contribution < 1.29 is 0 Å². The molecule has 112 valence electrons. The molecule has 1 aromatic carbocycles. The predicted molar refractivity (Wildman–Crippen MR) is 92.9 cm³/mol. The van der Waals surface area contributed by atoms with Crippen LogP contribution in [0.25, 0.3) is 5.69 Å². The minimum absolute atomic E-state index is 0.645. The van der Waals surface area contributed by atoms with Crippen LogP contribution in [0.2, 0.25) is 10.0 Å². The molecular formula is C16H13Cl2N3S. The van der Waals surface area contributed by atoms with Gasteiger partial charge < -0.3 is 5.32 Å². The summed E-state index contributed by atoms with van der Waals surface area (Å²) in [7, 11) is 0. The van der Waals surface area contributed by atoms with Crippen LogP contribution in [0.5, 0.6) is 0 Å². The van der Waals surface area contributed by atoms with Gasteiger partial charge in [-0.3, -0.25) is 0 Å². The second-order valence-corrected chi connectivity index (χ2v) is 7.09. The van der Waals surface area contributed by atoms with Crippen molar-refractivity contribution in [1.82, 2.24) is 9.78 Å². The Morgan fingerprint density at radius 3 is 3.00 bits per heavy atom. The Kier molecular flexibility index (Phi) is 3.60. The summed E-state index contributed by atoms with van der Waals surface area (Å²) in [5.74, 6) is 1.04. The molecule has 0 saturated carbocycles. The Labute approximate surface area is 142 Å². The van der Waals surface area contributed by atoms with Crippen molar-refractivity contribution in [2.45, 2.75) is 12.8 Å². The van der Waals surface area contributed by atoms with E-state index in [1.165, 1.54) is 10.4 Å². The van der Waals surface area contributed by atoms with Gasteiger partial charge in [0.1, 0.15) is 5.82 Å². The van der Waals surface area contributed by atoms with Gasteiger partial charge in [-0.1, -0.05) is 29.3 Å². The van der Waals surface area contributed by atoms with E-state index in [4.69, 9.17) is 28.3 Å². The lowest BCUT2D eigenvalue weighted by molar-refractivity contribution is 0.842. The first-order valence-electron chi connectivity index (χ1n) is 7.05. The van der Waals surface area contributed by atoms with Crippen LogP contribution in [0.4, 0.5) is 5.82 Å². The maximum atomic E-state index is 6.34. The van der Waals surface area contributed by atoms with Crippen molar-refractivity contribution in [1.29, 1.82) is 0 Å². The fourth-order valence-electron chi connectivity index (χ4n) is 2.79. The molecule has 0 radical (unpaired) electrons. The molecule has 4 rings (SSSR count). The molecule has 0 spiro atoms. The van der Waals surface area contributed by atoms with Crippen molar-refractivity contribution in [2.24, 2.45) is 0 Å². The molecule has 0 amide bonds. The highest BCUT2D eigenvalue weighted by Gasteiger charge is 2.24. The van der Waals surface area contributed by atoms with E-state index in [2.05, 4.69) is 22.8 Å². The third-order valence-electron chi connectivity index (χ3n) is 3.79. The van der Waals surface area contributed by atoms with Crippen molar-refractivity contribution in [2.75, 3.05) is 11.9 Å². The number of rotatable bonds is 3. The fraction of sp³-hybridized carbons (Fsp3) is 0.188. The summed E-state index contributed by atoms with van der Waals surface area (Å²) in [5.41, 5.74) is 3.21. The van der Waals surface area contributed by atoms with E-state index in [-0.39, 0.29) is 0 Å². The van der Waals surface area contributed by atoms with Crippen LogP contribution >= 0.6 is 34.5 Å². The summed E-state index contributed by atoms with van der Waals surface area (Å²) in [4.78, 5) is 1.32. The van der Waals surface area contributed by atoms with Crippen molar-refractivity contribution in [3.63, 3.8) is 0 Å². The molecule has 0 fully saturated rings. The Morgan fingerprint density at radius 2 is 2.18 bits per heavy atom. The topological polar surface area (TPSA) is 29.9 Å². The molecule has 0 aliphatic carbocycles. The number of anilines is 1. The molecule has 2 aromatic heterocycles. The van der Waals surface area contributed by atoms with Crippen LogP contribution < -0.4 is 5.32 Å². The van der Waals surface area contributed by atoms with Crippen LogP contribution in [0, 0.1) is 0 Å².